The van der Waals surface area contributed by atoms with Crippen LogP contribution in [0.5, 0.6) is 0 Å². The topological polar surface area (TPSA) is 105 Å². The number of carbonyl (C=O) groups excluding carboxylic acids is 1. The Morgan fingerprint density at radius 3 is 2.35 bits per heavy atom. The second-order valence-corrected chi connectivity index (χ2v) is 11.0. The molecular weight excluding hydrogens is 546 g/mol. The van der Waals surface area contributed by atoms with Crippen LogP contribution in [0, 0.1) is 6.92 Å². The van der Waals surface area contributed by atoms with E-state index in [4.69, 9.17) is 16.7 Å². The molecule has 0 bridgehead atoms. The van der Waals surface area contributed by atoms with Crippen LogP contribution in [0.15, 0.2) is 119 Å². The lowest BCUT2D eigenvalue weighted by Gasteiger charge is -2.08. The molecule has 4 aromatic carbocycles. The minimum Gasteiger partial charge on any atom is -0.280 e. The van der Waals surface area contributed by atoms with Crippen molar-refractivity contribution in [3.63, 3.8) is 0 Å². The Hall–Kier alpha value is -4.73. The van der Waals surface area contributed by atoms with Crippen LogP contribution >= 0.6 is 11.6 Å². The summed E-state index contributed by atoms with van der Waals surface area (Å²) in [5.74, 6) is -0.448. The van der Waals surface area contributed by atoms with Gasteiger partial charge in [0.05, 0.1) is 16.8 Å². The van der Waals surface area contributed by atoms with Crippen molar-refractivity contribution in [1.82, 2.24) is 15.2 Å². The highest BCUT2D eigenvalue weighted by Gasteiger charge is 2.15. The van der Waals surface area contributed by atoms with Gasteiger partial charge in [-0.05, 0) is 73.7 Å². The average Bonchev–Trinajstić information content (AvgIpc) is 3.38. The zero-order valence-corrected chi connectivity index (χ0v) is 22.9. The van der Waals surface area contributed by atoms with E-state index >= 15 is 0 Å². The Balaban J connectivity index is 1.31. The number of amides is 1. The maximum atomic E-state index is 12.7. The predicted octanol–water partition coefficient (Wildman–Crippen LogP) is 6.07. The van der Waals surface area contributed by atoms with Gasteiger partial charge in [0, 0.05) is 33.6 Å². The molecule has 0 radical (unpaired) electrons. The Bertz CT molecular complexity index is 1780. The molecule has 200 valence electrons. The van der Waals surface area contributed by atoms with Gasteiger partial charge >= 0.3 is 0 Å². The van der Waals surface area contributed by atoms with Gasteiger partial charge in [-0.25, -0.2) is 18.5 Å². The zero-order chi connectivity index (χ0) is 28.1. The number of hydrazone groups is 1. The summed E-state index contributed by atoms with van der Waals surface area (Å²) in [5.41, 5.74) is 7.52. The molecule has 1 amide bonds. The molecule has 0 atom stereocenters. The van der Waals surface area contributed by atoms with E-state index < -0.39 is 15.9 Å². The third-order valence-electron chi connectivity index (χ3n) is 5.95. The Kier molecular flexibility index (Phi) is 7.77. The summed E-state index contributed by atoms with van der Waals surface area (Å²) in [5, 5.41) is 9.36. The summed E-state index contributed by atoms with van der Waals surface area (Å²) in [6.07, 6.45) is 3.40. The van der Waals surface area contributed by atoms with Crippen molar-refractivity contribution in [3.05, 3.63) is 131 Å². The minimum atomic E-state index is -3.80. The Morgan fingerprint density at radius 2 is 1.65 bits per heavy atom. The molecule has 10 heteroatoms. The lowest BCUT2D eigenvalue weighted by atomic mass is 10.1. The van der Waals surface area contributed by atoms with Gasteiger partial charge in [-0.3, -0.25) is 9.52 Å². The van der Waals surface area contributed by atoms with E-state index in [1.165, 1.54) is 48.5 Å². The standard InChI is InChI=1S/C30H24ClN5O3S/c1-21-6-5-7-23(18-21)29-24(20-36(34-29)27-8-3-2-4-9-27)19-32-33-30(37)22-10-14-26(15-11-22)35-40(38,39)28-16-12-25(31)13-17-28/h2-20,35H,1H3,(H,33,37)/b32-19+. The van der Waals surface area contributed by atoms with Crippen LogP contribution in [0.4, 0.5) is 5.69 Å². The fraction of sp³-hybridized carbons (Fsp3) is 0.0333. The number of anilines is 1. The third kappa shape index (κ3) is 6.28. The smallest absolute Gasteiger partial charge is 0.271 e. The average molecular weight is 570 g/mol. The molecule has 5 aromatic rings. The highest BCUT2D eigenvalue weighted by molar-refractivity contribution is 7.92. The molecule has 5 rings (SSSR count). The van der Waals surface area contributed by atoms with Gasteiger partial charge in [0.2, 0.25) is 0 Å². The van der Waals surface area contributed by atoms with Crippen LogP contribution in [0.2, 0.25) is 5.02 Å². The van der Waals surface area contributed by atoms with Crippen molar-refractivity contribution in [2.75, 3.05) is 4.72 Å². The van der Waals surface area contributed by atoms with Gasteiger partial charge in [0.15, 0.2) is 0 Å². The van der Waals surface area contributed by atoms with Crippen LogP contribution in [-0.4, -0.2) is 30.3 Å². The van der Waals surface area contributed by atoms with Gasteiger partial charge in [-0.2, -0.15) is 10.2 Å². The second-order valence-electron chi connectivity index (χ2n) is 8.92. The number of sulfonamides is 1. The maximum Gasteiger partial charge on any atom is 0.271 e. The van der Waals surface area contributed by atoms with Crippen molar-refractivity contribution in [3.8, 4) is 16.9 Å². The van der Waals surface area contributed by atoms with Gasteiger partial charge in [0.25, 0.3) is 15.9 Å². The van der Waals surface area contributed by atoms with E-state index in [0.29, 0.717) is 16.3 Å². The van der Waals surface area contributed by atoms with Crippen molar-refractivity contribution in [2.45, 2.75) is 11.8 Å². The molecule has 0 saturated heterocycles. The molecule has 0 spiro atoms. The third-order valence-corrected chi connectivity index (χ3v) is 7.60. The molecule has 1 heterocycles. The number of rotatable bonds is 8. The predicted molar refractivity (Wildman–Crippen MR) is 157 cm³/mol. The molecule has 0 aliphatic carbocycles. The van der Waals surface area contributed by atoms with Crippen LogP contribution in [0.25, 0.3) is 16.9 Å². The number of aromatic nitrogens is 2. The van der Waals surface area contributed by atoms with Gasteiger partial charge < -0.3 is 0 Å². The van der Waals surface area contributed by atoms with Crippen molar-refractivity contribution in [1.29, 1.82) is 0 Å². The number of benzene rings is 4. The van der Waals surface area contributed by atoms with E-state index in [2.05, 4.69) is 15.2 Å². The number of nitrogens with one attached hydrogen (secondary N) is 2. The van der Waals surface area contributed by atoms with Crippen LogP contribution in [0.1, 0.15) is 21.5 Å². The van der Waals surface area contributed by atoms with Crippen LogP contribution in [-0.2, 0) is 10.0 Å². The zero-order valence-electron chi connectivity index (χ0n) is 21.3. The van der Waals surface area contributed by atoms with Crippen LogP contribution < -0.4 is 10.1 Å². The summed E-state index contributed by atoms with van der Waals surface area (Å²) in [7, 11) is -3.80. The highest BCUT2D eigenvalue weighted by atomic mass is 35.5. The molecule has 2 N–H and O–H groups in total. The molecule has 0 aliphatic heterocycles. The Labute approximate surface area is 237 Å². The van der Waals surface area contributed by atoms with Gasteiger partial charge in [0.1, 0.15) is 5.69 Å². The quantitative estimate of drug-likeness (QED) is 0.175. The molecule has 8 nitrogen and oxygen atoms in total. The molecular formula is C30H24ClN5O3S. The summed E-state index contributed by atoms with van der Waals surface area (Å²) in [6.45, 7) is 2.01. The summed E-state index contributed by atoms with van der Waals surface area (Å²) >= 11 is 5.84. The van der Waals surface area contributed by atoms with E-state index in [1.807, 2.05) is 67.7 Å². The van der Waals surface area contributed by atoms with E-state index in [1.54, 1.807) is 10.9 Å². The number of hydrogen-bond acceptors (Lipinski definition) is 5. The largest absolute Gasteiger partial charge is 0.280 e. The first-order valence-corrected chi connectivity index (χ1v) is 14.1. The number of hydrogen-bond donors (Lipinski definition) is 2. The first-order chi connectivity index (χ1) is 19.3. The second kappa shape index (κ2) is 11.6. The first-order valence-electron chi connectivity index (χ1n) is 12.2. The van der Waals surface area contributed by atoms with Crippen LogP contribution in [0.3, 0.4) is 0 Å². The fourth-order valence-electron chi connectivity index (χ4n) is 3.95. The molecule has 1 aromatic heterocycles. The number of nitrogens with zero attached hydrogens (tertiary/aromatic N) is 3. The normalized spacial score (nSPS) is 11.4. The Morgan fingerprint density at radius 1 is 0.925 bits per heavy atom. The molecule has 0 aliphatic rings. The SMILES string of the molecule is Cc1cccc(-c2nn(-c3ccccc3)cc2/C=N/NC(=O)c2ccc(NS(=O)(=O)c3ccc(Cl)cc3)cc2)c1. The first kappa shape index (κ1) is 26.9. The number of carbonyl (C=O) groups is 1. The monoisotopic (exact) mass is 569 g/mol. The molecule has 40 heavy (non-hydrogen) atoms. The summed E-state index contributed by atoms with van der Waals surface area (Å²) in [4.78, 5) is 12.8. The maximum absolute atomic E-state index is 12.7. The van der Waals surface area contributed by atoms with Crippen molar-refractivity contribution >= 4 is 39.4 Å². The summed E-state index contributed by atoms with van der Waals surface area (Å²) in [6, 6.07) is 29.6. The van der Waals surface area contributed by atoms with E-state index in [9.17, 15) is 13.2 Å². The van der Waals surface area contributed by atoms with Crippen molar-refractivity contribution < 1.29 is 13.2 Å². The van der Waals surface area contributed by atoms with E-state index in [-0.39, 0.29) is 4.90 Å². The number of halogens is 1. The lowest BCUT2D eigenvalue weighted by molar-refractivity contribution is 0.0955. The number of para-hydroxylation sites is 1. The molecule has 0 unspecified atom stereocenters. The van der Waals surface area contributed by atoms with E-state index in [0.717, 1.165) is 28.1 Å². The fourth-order valence-corrected chi connectivity index (χ4v) is 5.14. The highest BCUT2D eigenvalue weighted by Crippen LogP contribution is 2.24. The molecule has 0 saturated carbocycles. The number of aryl methyl sites for hydroxylation is 1. The van der Waals surface area contributed by atoms with Gasteiger partial charge in [-0.1, -0.05) is 53.6 Å². The van der Waals surface area contributed by atoms with Crippen molar-refractivity contribution in [2.24, 2.45) is 5.10 Å². The summed E-state index contributed by atoms with van der Waals surface area (Å²) < 4.78 is 29.4. The molecule has 0 fully saturated rings. The lowest BCUT2D eigenvalue weighted by Crippen LogP contribution is -2.18. The minimum absolute atomic E-state index is 0.0775. The van der Waals surface area contributed by atoms with Gasteiger partial charge in [-0.15, -0.1) is 0 Å².